The van der Waals surface area contributed by atoms with Crippen LogP contribution in [0.4, 0.5) is 0 Å². The van der Waals surface area contributed by atoms with Crippen molar-refractivity contribution in [2.45, 2.75) is 42.8 Å². The Morgan fingerprint density at radius 3 is 2.67 bits per heavy atom. The summed E-state index contributed by atoms with van der Waals surface area (Å²) in [6.07, 6.45) is 2.26. The van der Waals surface area contributed by atoms with Crippen LogP contribution in [0.15, 0.2) is 29.4 Å². The summed E-state index contributed by atoms with van der Waals surface area (Å²) in [5.41, 5.74) is 1.81. The molecule has 1 heterocycles. The van der Waals surface area contributed by atoms with Gasteiger partial charge >= 0.3 is 0 Å². The highest BCUT2D eigenvalue weighted by Gasteiger charge is 2.30. The Bertz CT molecular complexity index is 670. The van der Waals surface area contributed by atoms with E-state index < -0.39 is 0 Å². The van der Waals surface area contributed by atoms with Crippen LogP contribution < -0.4 is 0 Å². The second-order valence-electron chi connectivity index (χ2n) is 5.15. The van der Waals surface area contributed by atoms with Gasteiger partial charge in [0.1, 0.15) is 6.61 Å². The number of nitrogens with zero attached hydrogens (tertiary/aromatic N) is 4. The van der Waals surface area contributed by atoms with E-state index in [4.69, 9.17) is 5.26 Å². The second kappa shape index (κ2) is 5.88. The van der Waals surface area contributed by atoms with Gasteiger partial charge in [-0.1, -0.05) is 23.9 Å². The Hall–Kier alpha value is -1.84. The molecular formula is C15H16N4OS. The van der Waals surface area contributed by atoms with Gasteiger partial charge in [0, 0.05) is 11.3 Å². The molecule has 1 aliphatic rings. The lowest BCUT2D eigenvalue weighted by Crippen LogP contribution is -2.03. The molecule has 1 atom stereocenters. The molecule has 0 aliphatic heterocycles. The lowest BCUT2D eigenvalue weighted by atomic mass is 10.1. The molecule has 1 aromatic carbocycles. The molecule has 1 unspecified atom stereocenters. The fourth-order valence-electron chi connectivity index (χ4n) is 2.25. The van der Waals surface area contributed by atoms with Gasteiger partial charge in [-0.2, -0.15) is 5.26 Å². The zero-order chi connectivity index (χ0) is 14.8. The molecular weight excluding hydrogens is 284 g/mol. The standard InChI is InChI=1S/C15H16N4OS/c1-10(12-4-2-11(8-16)3-5-12)21-15-18-17-14(9-20)19(15)13-6-7-13/h2-5,10,13,20H,6-7,9H2,1H3. The molecule has 0 saturated heterocycles. The summed E-state index contributed by atoms with van der Waals surface area (Å²) in [5, 5.41) is 27.5. The van der Waals surface area contributed by atoms with Crippen LogP contribution in [0.2, 0.25) is 0 Å². The monoisotopic (exact) mass is 300 g/mol. The molecule has 5 nitrogen and oxygen atoms in total. The molecule has 0 radical (unpaired) electrons. The summed E-state index contributed by atoms with van der Waals surface area (Å²) < 4.78 is 2.06. The van der Waals surface area contributed by atoms with Crippen molar-refractivity contribution in [1.82, 2.24) is 14.8 Å². The second-order valence-corrected chi connectivity index (χ2v) is 6.46. The summed E-state index contributed by atoms with van der Waals surface area (Å²) in [6, 6.07) is 10.2. The maximum absolute atomic E-state index is 9.35. The van der Waals surface area contributed by atoms with Crippen molar-refractivity contribution < 1.29 is 5.11 Å². The molecule has 21 heavy (non-hydrogen) atoms. The van der Waals surface area contributed by atoms with Crippen molar-refractivity contribution in [2.75, 3.05) is 0 Å². The Morgan fingerprint density at radius 2 is 2.10 bits per heavy atom. The molecule has 108 valence electrons. The highest BCUT2D eigenvalue weighted by molar-refractivity contribution is 7.99. The van der Waals surface area contributed by atoms with Crippen LogP contribution in [0.5, 0.6) is 0 Å². The highest BCUT2D eigenvalue weighted by Crippen LogP contribution is 2.42. The third-order valence-electron chi connectivity index (χ3n) is 3.58. The molecule has 1 fully saturated rings. The van der Waals surface area contributed by atoms with Crippen LogP contribution in [0.3, 0.4) is 0 Å². The fraction of sp³-hybridized carbons (Fsp3) is 0.400. The molecule has 1 saturated carbocycles. The quantitative estimate of drug-likeness (QED) is 0.859. The van der Waals surface area contributed by atoms with Gasteiger partial charge in [0.05, 0.1) is 11.6 Å². The van der Waals surface area contributed by atoms with Crippen molar-refractivity contribution in [2.24, 2.45) is 0 Å². The fourth-order valence-corrected chi connectivity index (χ4v) is 3.32. The largest absolute Gasteiger partial charge is 0.388 e. The Morgan fingerprint density at radius 1 is 1.38 bits per heavy atom. The zero-order valence-electron chi connectivity index (χ0n) is 11.7. The third kappa shape index (κ3) is 2.94. The molecule has 0 spiro atoms. The number of hydrogen-bond donors (Lipinski definition) is 1. The number of nitriles is 1. The zero-order valence-corrected chi connectivity index (χ0v) is 12.5. The van der Waals surface area contributed by atoms with Gasteiger partial charge in [-0.05, 0) is 37.5 Å². The first-order valence-electron chi connectivity index (χ1n) is 6.94. The Balaban J connectivity index is 1.79. The van der Waals surface area contributed by atoms with E-state index in [1.54, 1.807) is 11.8 Å². The van der Waals surface area contributed by atoms with E-state index >= 15 is 0 Å². The molecule has 0 amide bonds. The molecule has 6 heteroatoms. The predicted octanol–water partition coefficient (Wildman–Crippen LogP) is 2.83. The van der Waals surface area contributed by atoms with Crippen LogP contribution >= 0.6 is 11.8 Å². The minimum atomic E-state index is -0.0741. The predicted molar refractivity (Wildman–Crippen MR) is 79.6 cm³/mol. The molecule has 3 rings (SSSR count). The van der Waals surface area contributed by atoms with E-state index in [9.17, 15) is 5.11 Å². The van der Waals surface area contributed by atoms with Crippen molar-refractivity contribution in [3.05, 3.63) is 41.2 Å². The first-order valence-corrected chi connectivity index (χ1v) is 7.82. The summed E-state index contributed by atoms with van der Waals surface area (Å²) in [4.78, 5) is 0. The topological polar surface area (TPSA) is 74.7 Å². The van der Waals surface area contributed by atoms with Crippen LogP contribution in [-0.4, -0.2) is 19.9 Å². The normalized spacial score (nSPS) is 15.7. The van der Waals surface area contributed by atoms with Crippen molar-refractivity contribution in [1.29, 1.82) is 5.26 Å². The number of benzene rings is 1. The van der Waals surface area contributed by atoms with Crippen molar-refractivity contribution >= 4 is 11.8 Å². The first kappa shape index (κ1) is 14.1. The average Bonchev–Trinajstić information content (AvgIpc) is 3.28. The molecule has 1 N–H and O–H groups in total. The Kier molecular flexibility index (Phi) is 3.95. The van der Waals surface area contributed by atoms with Crippen molar-refractivity contribution in [3.8, 4) is 6.07 Å². The smallest absolute Gasteiger partial charge is 0.192 e. The number of aliphatic hydroxyl groups excluding tert-OH is 1. The summed E-state index contributed by atoms with van der Waals surface area (Å²) in [5.74, 6) is 0.645. The van der Waals surface area contributed by atoms with Gasteiger partial charge in [-0.15, -0.1) is 10.2 Å². The van der Waals surface area contributed by atoms with E-state index in [1.807, 2.05) is 24.3 Å². The number of thioether (sulfide) groups is 1. The van der Waals surface area contributed by atoms with Gasteiger partial charge in [-0.25, -0.2) is 0 Å². The van der Waals surface area contributed by atoms with Crippen LogP contribution in [-0.2, 0) is 6.61 Å². The van der Waals surface area contributed by atoms with Crippen molar-refractivity contribution in [3.63, 3.8) is 0 Å². The minimum absolute atomic E-state index is 0.0741. The van der Waals surface area contributed by atoms with Crippen LogP contribution in [0, 0.1) is 11.3 Å². The summed E-state index contributed by atoms with van der Waals surface area (Å²) in [7, 11) is 0. The van der Waals surface area contributed by atoms with Gasteiger partial charge in [0.15, 0.2) is 11.0 Å². The number of hydrogen-bond acceptors (Lipinski definition) is 5. The maximum atomic E-state index is 9.35. The first-order chi connectivity index (χ1) is 10.2. The van der Waals surface area contributed by atoms with Gasteiger partial charge < -0.3 is 9.67 Å². The SMILES string of the molecule is CC(Sc1nnc(CO)n1C1CC1)c1ccc(C#N)cc1. The van der Waals surface area contributed by atoms with E-state index in [1.165, 1.54) is 0 Å². The Labute approximate surface area is 127 Å². The van der Waals surface area contributed by atoms with Gasteiger partial charge in [0.2, 0.25) is 0 Å². The van der Waals surface area contributed by atoms with E-state index in [2.05, 4.69) is 27.8 Å². The lowest BCUT2D eigenvalue weighted by molar-refractivity contribution is 0.263. The van der Waals surface area contributed by atoms with Gasteiger partial charge in [0.25, 0.3) is 0 Å². The number of rotatable bonds is 5. The maximum Gasteiger partial charge on any atom is 0.192 e. The minimum Gasteiger partial charge on any atom is -0.388 e. The summed E-state index contributed by atoms with van der Waals surface area (Å²) >= 11 is 1.64. The molecule has 2 aromatic rings. The molecule has 1 aliphatic carbocycles. The van der Waals surface area contributed by atoms with Crippen LogP contribution in [0.1, 0.15) is 48.0 Å². The van der Waals surface area contributed by atoms with E-state index in [-0.39, 0.29) is 11.9 Å². The molecule has 0 bridgehead atoms. The number of aliphatic hydroxyl groups is 1. The van der Waals surface area contributed by atoms with E-state index in [0.717, 1.165) is 23.6 Å². The summed E-state index contributed by atoms with van der Waals surface area (Å²) in [6.45, 7) is 2.03. The van der Waals surface area contributed by atoms with E-state index in [0.29, 0.717) is 17.4 Å². The lowest BCUT2D eigenvalue weighted by Gasteiger charge is -2.13. The third-order valence-corrected chi connectivity index (χ3v) is 4.69. The van der Waals surface area contributed by atoms with Crippen LogP contribution in [0.25, 0.3) is 0 Å². The highest BCUT2D eigenvalue weighted by atomic mass is 32.2. The van der Waals surface area contributed by atoms with Gasteiger partial charge in [-0.3, -0.25) is 0 Å². The number of aromatic nitrogens is 3. The average molecular weight is 300 g/mol. The molecule has 1 aromatic heterocycles.